The van der Waals surface area contributed by atoms with Crippen LogP contribution in [-0.4, -0.2) is 0 Å². The van der Waals surface area contributed by atoms with Gasteiger partial charge in [0, 0.05) is 11.4 Å². The van der Waals surface area contributed by atoms with Gasteiger partial charge in [0.2, 0.25) is 0 Å². The summed E-state index contributed by atoms with van der Waals surface area (Å²) in [6.45, 7) is 1.98. The van der Waals surface area contributed by atoms with Crippen molar-refractivity contribution in [2.75, 3.05) is 0 Å². The van der Waals surface area contributed by atoms with Gasteiger partial charge in [-0.1, -0.05) is 23.7 Å². The van der Waals surface area contributed by atoms with Crippen molar-refractivity contribution in [1.82, 2.24) is 0 Å². The summed E-state index contributed by atoms with van der Waals surface area (Å²) in [4.78, 5) is 0. The molecule has 1 nitrogen and oxygen atoms in total. The lowest BCUT2D eigenvalue weighted by Gasteiger charge is -2.03. The predicted molar refractivity (Wildman–Crippen MR) is 50.1 cm³/mol. The second-order valence-electron chi connectivity index (χ2n) is 2.68. The van der Waals surface area contributed by atoms with Gasteiger partial charge in [-0.05, 0) is 30.5 Å². The number of halogens is 1. The molecule has 0 saturated heterocycles. The molecule has 0 saturated carbocycles. The van der Waals surface area contributed by atoms with E-state index in [1.807, 2.05) is 25.1 Å². The number of benzene rings is 1. The maximum atomic E-state index is 8.40. The first-order valence-electron chi connectivity index (χ1n) is 3.86. The summed E-state index contributed by atoms with van der Waals surface area (Å²) in [5.74, 6) is 0. The highest BCUT2D eigenvalue weighted by Crippen LogP contribution is 2.19. The first-order chi connectivity index (χ1) is 5.75. The predicted octanol–water partition coefficient (Wildman–Crippen LogP) is 3.10. The lowest BCUT2D eigenvalue weighted by Crippen LogP contribution is -1.88. The average molecular weight is 180 g/mol. The zero-order valence-corrected chi connectivity index (χ0v) is 7.73. The molecule has 0 bridgehead atoms. The van der Waals surface area contributed by atoms with Crippen molar-refractivity contribution in [3.63, 3.8) is 0 Å². The number of aryl methyl sites for hydroxylation is 1. The lowest BCUT2D eigenvalue weighted by atomic mass is 10.0. The van der Waals surface area contributed by atoms with E-state index in [2.05, 4.69) is 6.07 Å². The molecule has 1 aromatic carbocycles. The average Bonchev–Trinajstić information content (AvgIpc) is 2.08. The normalized spacial score (nSPS) is 9.42. The summed E-state index contributed by atoms with van der Waals surface area (Å²) >= 11 is 5.91. The molecule has 2 heteroatoms. The van der Waals surface area contributed by atoms with Crippen LogP contribution in [0.15, 0.2) is 18.2 Å². The highest BCUT2D eigenvalue weighted by molar-refractivity contribution is 6.31. The molecule has 0 fully saturated rings. The van der Waals surface area contributed by atoms with Crippen molar-refractivity contribution < 1.29 is 0 Å². The topological polar surface area (TPSA) is 23.8 Å². The van der Waals surface area contributed by atoms with Crippen molar-refractivity contribution in [2.24, 2.45) is 0 Å². The molecule has 1 rings (SSSR count). The van der Waals surface area contributed by atoms with Gasteiger partial charge < -0.3 is 0 Å². The smallest absolute Gasteiger partial charge is 0.0625 e. The van der Waals surface area contributed by atoms with E-state index >= 15 is 0 Å². The molecule has 0 amide bonds. The van der Waals surface area contributed by atoms with Gasteiger partial charge in [-0.2, -0.15) is 5.26 Å². The van der Waals surface area contributed by atoms with Gasteiger partial charge in [0.05, 0.1) is 6.07 Å². The van der Waals surface area contributed by atoms with Crippen LogP contribution in [-0.2, 0) is 6.42 Å². The van der Waals surface area contributed by atoms with E-state index in [0.717, 1.165) is 17.0 Å². The summed E-state index contributed by atoms with van der Waals surface area (Å²) in [7, 11) is 0. The van der Waals surface area contributed by atoms with Crippen molar-refractivity contribution in [2.45, 2.75) is 19.8 Å². The summed E-state index contributed by atoms with van der Waals surface area (Å²) in [6.07, 6.45) is 1.35. The van der Waals surface area contributed by atoms with E-state index in [1.54, 1.807) is 0 Å². The van der Waals surface area contributed by atoms with Crippen molar-refractivity contribution in [3.8, 4) is 6.07 Å². The molecule has 0 aliphatic heterocycles. The van der Waals surface area contributed by atoms with Crippen LogP contribution in [0.5, 0.6) is 0 Å². The Hall–Kier alpha value is -1.00. The molecule has 0 aliphatic rings. The molecule has 0 atom stereocenters. The second-order valence-corrected chi connectivity index (χ2v) is 3.09. The third-order valence-electron chi connectivity index (χ3n) is 1.89. The Bertz CT molecular complexity index is 312. The van der Waals surface area contributed by atoms with E-state index in [0.29, 0.717) is 6.42 Å². The molecule has 0 aromatic heterocycles. The van der Waals surface area contributed by atoms with Gasteiger partial charge in [-0.15, -0.1) is 0 Å². The molecular formula is C10H10ClN. The fourth-order valence-electron chi connectivity index (χ4n) is 1.11. The molecular weight excluding hydrogens is 170 g/mol. The third kappa shape index (κ3) is 1.99. The van der Waals surface area contributed by atoms with E-state index in [-0.39, 0.29) is 0 Å². The molecule has 62 valence electrons. The minimum Gasteiger partial charge on any atom is -0.198 e. The Kier molecular flexibility index (Phi) is 3.13. The Balaban J connectivity index is 2.86. The number of hydrogen-bond acceptors (Lipinski definition) is 1. The van der Waals surface area contributed by atoms with Crippen molar-refractivity contribution in [3.05, 3.63) is 34.3 Å². The number of nitrogens with zero attached hydrogens (tertiary/aromatic N) is 1. The number of nitriles is 1. The summed E-state index contributed by atoms with van der Waals surface area (Å²) in [5, 5.41) is 9.19. The fraction of sp³-hybridized carbons (Fsp3) is 0.300. The van der Waals surface area contributed by atoms with Gasteiger partial charge in [-0.25, -0.2) is 0 Å². The van der Waals surface area contributed by atoms with Crippen LogP contribution in [0, 0.1) is 18.3 Å². The number of hydrogen-bond donors (Lipinski definition) is 0. The van der Waals surface area contributed by atoms with Crippen molar-refractivity contribution >= 4 is 11.6 Å². The zero-order chi connectivity index (χ0) is 8.97. The minimum absolute atomic E-state index is 0.557. The first kappa shape index (κ1) is 9.09. The maximum Gasteiger partial charge on any atom is 0.0625 e. The van der Waals surface area contributed by atoms with Crippen LogP contribution < -0.4 is 0 Å². The van der Waals surface area contributed by atoms with Crippen LogP contribution in [0.25, 0.3) is 0 Å². The fourth-order valence-corrected chi connectivity index (χ4v) is 1.31. The molecule has 0 N–H and O–H groups in total. The van der Waals surface area contributed by atoms with E-state index in [9.17, 15) is 0 Å². The molecule has 0 aliphatic carbocycles. The lowest BCUT2D eigenvalue weighted by molar-refractivity contribution is 0.996. The monoisotopic (exact) mass is 179 g/mol. The summed E-state index contributed by atoms with van der Waals surface area (Å²) < 4.78 is 0. The van der Waals surface area contributed by atoms with E-state index in [1.165, 1.54) is 5.56 Å². The van der Waals surface area contributed by atoms with Gasteiger partial charge >= 0.3 is 0 Å². The summed E-state index contributed by atoms with van der Waals surface area (Å²) in [5.41, 5.74) is 2.26. The highest BCUT2D eigenvalue weighted by Gasteiger charge is 2.00. The largest absolute Gasteiger partial charge is 0.198 e. The highest BCUT2D eigenvalue weighted by atomic mass is 35.5. The van der Waals surface area contributed by atoms with Gasteiger partial charge in [0.1, 0.15) is 0 Å². The third-order valence-corrected chi connectivity index (χ3v) is 2.30. The van der Waals surface area contributed by atoms with Crippen LogP contribution >= 0.6 is 11.6 Å². The van der Waals surface area contributed by atoms with Gasteiger partial charge in [0.15, 0.2) is 0 Å². The number of rotatable bonds is 2. The Labute approximate surface area is 77.6 Å². The Morgan fingerprint density at radius 2 is 2.25 bits per heavy atom. The van der Waals surface area contributed by atoms with Gasteiger partial charge in [0.25, 0.3) is 0 Å². The molecule has 1 aromatic rings. The molecule has 12 heavy (non-hydrogen) atoms. The van der Waals surface area contributed by atoms with E-state index in [4.69, 9.17) is 16.9 Å². The van der Waals surface area contributed by atoms with E-state index < -0.39 is 0 Å². The van der Waals surface area contributed by atoms with Crippen LogP contribution in [0.4, 0.5) is 0 Å². The molecule has 0 heterocycles. The maximum absolute atomic E-state index is 8.40. The summed E-state index contributed by atoms with van der Waals surface area (Å²) in [6, 6.07) is 7.92. The van der Waals surface area contributed by atoms with Crippen molar-refractivity contribution in [1.29, 1.82) is 5.26 Å². The molecule has 0 spiro atoms. The van der Waals surface area contributed by atoms with Crippen LogP contribution in [0.2, 0.25) is 5.02 Å². The molecule has 0 unspecified atom stereocenters. The van der Waals surface area contributed by atoms with Crippen LogP contribution in [0.1, 0.15) is 17.5 Å². The van der Waals surface area contributed by atoms with Gasteiger partial charge in [-0.3, -0.25) is 0 Å². The quantitative estimate of drug-likeness (QED) is 0.685. The SMILES string of the molecule is Cc1c(Cl)cccc1CCC#N. The second kappa shape index (κ2) is 4.13. The Morgan fingerprint density at radius 3 is 2.92 bits per heavy atom. The standard InChI is InChI=1S/C10H10ClN/c1-8-9(5-3-7-12)4-2-6-10(8)11/h2,4,6H,3,5H2,1H3. The van der Waals surface area contributed by atoms with Crippen LogP contribution in [0.3, 0.4) is 0 Å². The Morgan fingerprint density at radius 1 is 1.50 bits per heavy atom. The minimum atomic E-state index is 0.557. The molecule has 0 radical (unpaired) electrons. The zero-order valence-electron chi connectivity index (χ0n) is 6.97. The first-order valence-corrected chi connectivity index (χ1v) is 4.24.